The molecule has 0 amide bonds. The van der Waals surface area contributed by atoms with Crippen LogP contribution in [0.1, 0.15) is 17.5 Å². The summed E-state index contributed by atoms with van der Waals surface area (Å²) in [5.41, 5.74) is 4.26. The van der Waals surface area contributed by atoms with Gasteiger partial charge in [0.25, 0.3) is 0 Å². The van der Waals surface area contributed by atoms with E-state index in [2.05, 4.69) is 53.7 Å². The molecule has 2 heterocycles. The van der Waals surface area contributed by atoms with Crippen LogP contribution < -0.4 is 4.72 Å². The third-order valence-electron chi connectivity index (χ3n) is 4.71. The summed E-state index contributed by atoms with van der Waals surface area (Å²) in [4.78, 5) is 11.0. The first-order valence-corrected chi connectivity index (χ1v) is 12.2. The minimum Gasteiger partial charge on any atom is -0.294 e. The van der Waals surface area contributed by atoms with Crippen molar-refractivity contribution in [1.82, 2.24) is 9.97 Å². The van der Waals surface area contributed by atoms with Gasteiger partial charge in [0, 0.05) is 16.7 Å². The van der Waals surface area contributed by atoms with Crippen LogP contribution in [0.15, 0.2) is 77.8 Å². The van der Waals surface area contributed by atoms with E-state index in [0.717, 1.165) is 33.1 Å². The van der Waals surface area contributed by atoms with Gasteiger partial charge in [0.1, 0.15) is 5.82 Å². The van der Waals surface area contributed by atoms with Gasteiger partial charge < -0.3 is 0 Å². The monoisotopic (exact) mass is 433 g/mol. The number of thiazole rings is 1. The molecule has 0 aliphatic carbocycles. The molecule has 0 spiro atoms. The van der Waals surface area contributed by atoms with Crippen molar-refractivity contribution in [3.8, 4) is 21.7 Å². The molecule has 30 heavy (non-hydrogen) atoms. The number of hydrogen-bond donors (Lipinski definition) is 1. The highest BCUT2D eigenvalue weighted by molar-refractivity contribution is 8.01. The Hall–Kier alpha value is -2.96. The maximum absolute atomic E-state index is 13.1. The Morgan fingerprint density at radius 1 is 1.03 bits per heavy atom. The van der Waals surface area contributed by atoms with Crippen molar-refractivity contribution < 1.29 is 4.21 Å². The van der Waals surface area contributed by atoms with Gasteiger partial charge in [0.05, 0.1) is 25.3 Å². The molecule has 0 bridgehead atoms. The molecule has 0 saturated heterocycles. The fourth-order valence-electron chi connectivity index (χ4n) is 3.11. The molecule has 152 valence electrons. The second kappa shape index (κ2) is 8.42. The van der Waals surface area contributed by atoms with Crippen LogP contribution in [0.5, 0.6) is 0 Å². The van der Waals surface area contributed by atoms with Gasteiger partial charge in [0.15, 0.2) is 0 Å². The van der Waals surface area contributed by atoms with Crippen molar-refractivity contribution in [2.45, 2.75) is 25.2 Å². The lowest BCUT2D eigenvalue weighted by atomic mass is 10.1. The van der Waals surface area contributed by atoms with Crippen molar-refractivity contribution in [2.75, 3.05) is 4.72 Å². The van der Waals surface area contributed by atoms with Gasteiger partial charge >= 0.3 is 0 Å². The van der Waals surface area contributed by atoms with E-state index in [1.54, 1.807) is 29.7 Å². The van der Waals surface area contributed by atoms with Crippen LogP contribution in [0.4, 0.5) is 5.82 Å². The average Bonchev–Trinajstić information content (AvgIpc) is 3.19. The number of anilines is 1. The highest BCUT2D eigenvalue weighted by atomic mass is 32.2. The minimum absolute atomic E-state index is 0.526. The fourth-order valence-corrected chi connectivity index (χ4v) is 5.30. The Morgan fingerprint density at radius 3 is 2.47 bits per heavy atom. The molecule has 0 saturated carbocycles. The molecule has 1 unspecified atom stereocenters. The molecule has 0 fully saturated rings. The molecule has 0 aliphatic rings. The van der Waals surface area contributed by atoms with Gasteiger partial charge in [-0.3, -0.25) is 4.72 Å². The molecule has 4 rings (SSSR count). The summed E-state index contributed by atoms with van der Waals surface area (Å²) in [5.74, 6) is 4.42. The zero-order valence-corrected chi connectivity index (χ0v) is 18.6. The Morgan fingerprint density at radius 2 is 1.77 bits per heavy atom. The van der Waals surface area contributed by atoms with Crippen LogP contribution in [0.2, 0.25) is 0 Å². The van der Waals surface area contributed by atoms with E-state index >= 15 is 0 Å². The highest BCUT2D eigenvalue weighted by Crippen LogP contribution is 2.37. The van der Waals surface area contributed by atoms with E-state index in [4.69, 9.17) is 4.98 Å². The highest BCUT2D eigenvalue weighted by Gasteiger charge is 2.16. The maximum atomic E-state index is 13.1. The molecular formula is C24H23N3OS2. The summed E-state index contributed by atoms with van der Waals surface area (Å²) in [6.07, 6.45) is 2.60. The lowest BCUT2D eigenvalue weighted by Gasteiger charge is -2.13. The van der Waals surface area contributed by atoms with Crippen molar-refractivity contribution >= 4 is 32.7 Å². The minimum atomic E-state index is -2.70. The predicted octanol–water partition coefficient (Wildman–Crippen LogP) is 5.85. The number of nitrogens with zero attached hydrogens (tertiary/aromatic N) is 2. The van der Waals surface area contributed by atoms with Crippen LogP contribution >= 0.6 is 11.3 Å². The van der Waals surface area contributed by atoms with Crippen molar-refractivity contribution in [3.05, 3.63) is 83.5 Å². The average molecular weight is 434 g/mol. The van der Waals surface area contributed by atoms with E-state index in [1.807, 2.05) is 30.3 Å². The Balaban J connectivity index is 1.72. The summed E-state index contributed by atoms with van der Waals surface area (Å²) < 4.78 is 16.1. The Labute approximate surface area is 181 Å². The SMILES string of the molecule is C=S(=O)(Nc1cc(-c2sc(CC)nc2-c2ccc(C)cc2)ccn1)c1ccccc1. The summed E-state index contributed by atoms with van der Waals surface area (Å²) in [5, 5.41) is 1.08. The second-order valence-corrected chi connectivity index (χ2v) is 10.1. The zero-order valence-electron chi connectivity index (χ0n) is 17.0. The van der Waals surface area contributed by atoms with Crippen LogP contribution in [0, 0.1) is 6.92 Å². The standard InChI is InChI=1S/C24H23N3OS2/c1-4-22-26-23(18-12-10-17(2)11-13-18)24(29-22)19-14-15-25-21(16-19)27-30(3,28)20-8-6-5-7-9-20/h5-16H,3-4H2,1-2H3,(H,25,27,28). The molecule has 6 heteroatoms. The zero-order chi connectivity index (χ0) is 21.1. The Kier molecular flexibility index (Phi) is 5.70. The number of benzene rings is 2. The van der Waals surface area contributed by atoms with Crippen LogP contribution in [0.25, 0.3) is 21.7 Å². The molecule has 2 aromatic carbocycles. The molecule has 0 radical (unpaired) electrons. The van der Waals surface area contributed by atoms with Crippen molar-refractivity contribution in [3.63, 3.8) is 0 Å². The van der Waals surface area contributed by atoms with E-state index < -0.39 is 9.71 Å². The summed E-state index contributed by atoms with van der Waals surface area (Å²) in [6, 6.07) is 21.5. The fraction of sp³-hybridized carbons (Fsp3) is 0.125. The first-order valence-electron chi connectivity index (χ1n) is 9.69. The smallest absolute Gasteiger partial charge is 0.138 e. The van der Waals surface area contributed by atoms with Crippen LogP contribution in [0.3, 0.4) is 0 Å². The lowest BCUT2D eigenvalue weighted by molar-refractivity contribution is 0.684. The largest absolute Gasteiger partial charge is 0.294 e. The third kappa shape index (κ3) is 4.30. The summed E-state index contributed by atoms with van der Waals surface area (Å²) >= 11 is 1.68. The topological polar surface area (TPSA) is 54.9 Å². The van der Waals surface area contributed by atoms with Gasteiger partial charge in [-0.1, -0.05) is 55.0 Å². The summed E-state index contributed by atoms with van der Waals surface area (Å²) in [7, 11) is -2.70. The van der Waals surface area contributed by atoms with Crippen molar-refractivity contribution in [2.24, 2.45) is 0 Å². The number of rotatable bonds is 6. The van der Waals surface area contributed by atoms with Gasteiger partial charge in [-0.25, -0.2) is 14.2 Å². The normalized spacial score (nSPS) is 13.0. The number of nitrogens with one attached hydrogen (secondary N) is 1. The number of pyridine rings is 1. The molecule has 4 nitrogen and oxygen atoms in total. The van der Waals surface area contributed by atoms with E-state index in [0.29, 0.717) is 10.7 Å². The maximum Gasteiger partial charge on any atom is 0.138 e. The molecular weight excluding hydrogens is 410 g/mol. The predicted molar refractivity (Wildman–Crippen MR) is 128 cm³/mol. The molecule has 1 atom stereocenters. The van der Waals surface area contributed by atoms with Gasteiger partial charge in [-0.15, -0.1) is 11.3 Å². The van der Waals surface area contributed by atoms with Gasteiger partial charge in [-0.2, -0.15) is 0 Å². The Bertz CT molecular complexity index is 1260. The van der Waals surface area contributed by atoms with Gasteiger partial charge in [-0.05, 0) is 49.0 Å². The molecule has 1 N–H and O–H groups in total. The number of aryl methyl sites for hydroxylation is 2. The van der Waals surface area contributed by atoms with E-state index in [9.17, 15) is 4.21 Å². The lowest BCUT2D eigenvalue weighted by Crippen LogP contribution is -2.13. The molecule has 2 aromatic heterocycles. The van der Waals surface area contributed by atoms with Gasteiger partial charge in [0.2, 0.25) is 0 Å². The first-order chi connectivity index (χ1) is 14.5. The first kappa shape index (κ1) is 20.3. The van der Waals surface area contributed by atoms with E-state index in [-0.39, 0.29) is 0 Å². The number of aromatic nitrogens is 2. The van der Waals surface area contributed by atoms with Crippen LogP contribution in [-0.2, 0) is 16.1 Å². The second-order valence-electron chi connectivity index (χ2n) is 7.03. The van der Waals surface area contributed by atoms with Crippen LogP contribution in [-0.4, -0.2) is 20.0 Å². The van der Waals surface area contributed by atoms with E-state index in [1.165, 1.54) is 5.56 Å². The molecule has 4 aromatic rings. The third-order valence-corrected chi connectivity index (χ3v) is 7.54. The summed E-state index contributed by atoms with van der Waals surface area (Å²) in [6.45, 7) is 4.19. The number of hydrogen-bond acceptors (Lipinski definition) is 4. The molecule has 0 aliphatic heterocycles. The quantitative estimate of drug-likeness (QED) is 0.388. The van der Waals surface area contributed by atoms with Crippen molar-refractivity contribution in [1.29, 1.82) is 0 Å².